The molecular weight excluding hydrogens is 289 g/mol. The van der Waals surface area contributed by atoms with Crippen LogP contribution in [0.2, 0.25) is 0 Å². The molecule has 1 aromatic heterocycles. The Morgan fingerprint density at radius 2 is 2.12 bits per heavy atom. The molecule has 0 amide bonds. The van der Waals surface area contributed by atoms with E-state index in [0.717, 1.165) is 4.47 Å². The topological polar surface area (TPSA) is 75.9 Å². The summed E-state index contributed by atoms with van der Waals surface area (Å²) in [5.41, 5.74) is 2.91. The van der Waals surface area contributed by atoms with Gasteiger partial charge in [-0.2, -0.15) is 4.98 Å². The molecule has 2 aromatic rings. The molecule has 0 aliphatic carbocycles. The lowest BCUT2D eigenvalue weighted by atomic mass is 10.3. The van der Waals surface area contributed by atoms with Crippen LogP contribution < -0.4 is 16.6 Å². The van der Waals surface area contributed by atoms with E-state index in [0.29, 0.717) is 11.5 Å². The molecule has 0 aliphatic heterocycles. The van der Waals surface area contributed by atoms with Crippen molar-refractivity contribution in [2.75, 3.05) is 10.7 Å². The fraction of sp³-hybridized carbons (Fsp3) is 0. The average Bonchev–Trinajstić information content (AvgIpc) is 2.34. The predicted molar refractivity (Wildman–Crippen MR) is 67.2 cm³/mol. The average molecular weight is 298 g/mol. The number of nitrogens with one attached hydrogen (secondary N) is 2. The van der Waals surface area contributed by atoms with Gasteiger partial charge in [0.2, 0.25) is 5.95 Å². The first-order valence-electron chi connectivity index (χ1n) is 4.71. The minimum absolute atomic E-state index is 0.280. The molecule has 17 heavy (non-hydrogen) atoms. The van der Waals surface area contributed by atoms with Crippen molar-refractivity contribution in [3.63, 3.8) is 0 Å². The number of nitrogens with two attached hydrogens (primary N) is 1. The van der Waals surface area contributed by atoms with E-state index in [4.69, 9.17) is 5.84 Å². The molecule has 88 valence electrons. The van der Waals surface area contributed by atoms with Crippen molar-refractivity contribution in [1.82, 2.24) is 9.97 Å². The standard InChI is InChI=1S/C10H9BrFN5/c11-7-2-1-6(12)5-8(7)15-9-3-4-14-10(16-9)17-13/h1-5H,13H2,(H2,14,15,16,17). The Balaban J connectivity index is 2.27. The first kappa shape index (κ1) is 11.7. The number of hydrogen-bond donors (Lipinski definition) is 3. The van der Waals surface area contributed by atoms with Crippen LogP contribution in [0.5, 0.6) is 0 Å². The van der Waals surface area contributed by atoms with Gasteiger partial charge in [-0.3, -0.25) is 5.43 Å². The van der Waals surface area contributed by atoms with Gasteiger partial charge in [0.05, 0.1) is 5.69 Å². The normalized spacial score (nSPS) is 10.1. The van der Waals surface area contributed by atoms with Gasteiger partial charge in [0.25, 0.3) is 0 Å². The number of nitrogens with zero attached hydrogens (tertiary/aromatic N) is 2. The number of hydrogen-bond acceptors (Lipinski definition) is 5. The molecule has 0 spiro atoms. The van der Waals surface area contributed by atoms with E-state index in [-0.39, 0.29) is 11.8 Å². The number of aromatic nitrogens is 2. The quantitative estimate of drug-likeness (QED) is 0.599. The highest BCUT2D eigenvalue weighted by atomic mass is 79.9. The lowest BCUT2D eigenvalue weighted by Gasteiger charge is -2.08. The second-order valence-electron chi connectivity index (χ2n) is 3.16. The number of benzene rings is 1. The molecule has 0 bridgehead atoms. The van der Waals surface area contributed by atoms with E-state index in [1.165, 1.54) is 18.3 Å². The number of rotatable bonds is 3. The maximum Gasteiger partial charge on any atom is 0.239 e. The molecule has 1 heterocycles. The van der Waals surface area contributed by atoms with Gasteiger partial charge in [0.15, 0.2) is 0 Å². The minimum atomic E-state index is -0.332. The molecule has 2 rings (SSSR count). The summed E-state index contributed by atoms with van der Waals surface area (Å²) in [7, 11) is 0. The van der Waals surface area contributed by atoms with E-state index in [1.807, 2.05) is 0 Å². The molecule has 0 saturated heterocycles. The summed E-state index contributed by atoms with van der Waals surface area (Å²) >= 11 is 3.31. The van der Waals surface area contributed by atoms with Gasteiger partial charge in [-0.15, -0.1) is 0 Å². The summed E-state index contributed by atoms with van der Waals surface area (Å²) in [6.45, 7) is 0. The Morgan fingerprint density at radius 1 is 1.29 bits per heavy atom. The molecule has 0 aliphatic rings. The number of halogens is 2. The van der Waals surface area contributed by atoms with Crippen molar-refractivity contribution < 1.29 is 4.39 Å². The Bertz CT molecular complexity index is 534. The monoisotopic (exact) mass is 297 g/mol. The number of nitrogen functional groups attached to an aromatic ring is 1. The van der Waals surface area contributed by atoms with Crippen molar-refractivity contribution in [1.29, 1.82) is 0 Å². The van der Waals surface area contributed by atoms with Crippen molar-refractivity contribution in [2.24, 2.45) is 5.84 Å². The van der Waals surface area contributed by atoms with Crippen LogP contribution >= 0.6 is 15.9 Å². The molecule has 0 fully saturated rings. The van der Waals surface area contributed by atoms with Crippen LogP contribution in [-0.4, -0.2) is 9.97 Å². The number of anilines is 3. The molecule has 0 unspecified atom stereocenters. The fourth-order valence-electron chi connectivity index (χ4n) is 1.23. The molecule has 1 aromatic carbocycles. The van der Waals surface area contributed by atoms with Crippen molar-refractivity contribution in [2.45, 2.75) is 0 Å². The Morgan fingerprint density at radius 3 is 2.88 bits per heavy atom. The third-order valence-electron chi connectivity index (χ3n) is 1.98. The summed E-state index contributed by atoms with van der Waals surface area (Å²) in [5, 5.41) is 2.95. The first-order chi connectivity index (χ1) is 8.19. The molecule has 0 radical (unpaired) electrons. The third-order valence-corrected chi connectivity index (χ3v) is 2.67. The molecular formula is C10H9BrFN5. The highest BCUT2D eigenvalue weighted by Gasteiger charge is 2.03. The van der Waals surface area contributed by atoms with E-state index in [1.54, 1.807) is 12.1 Å². The van der Waals surface area contributed by atoms with Crippen molar-refractivity contribution in [3.8, 4) is 0 Å². The van der Waals surface area contributed by atoms with Gasteiger partial charge in [-0.05, 0) is 40.2 Å². The van der Waals surface area contributed by atoms with Gasteiger partial charge in [-0.25, -0.2) is 15.2 Å². The summed E-state index contributed by atoms with van der Waals surface area (Å²) in [6, 6.07) is 5.99. The lowest BCUT2D eigenvalue weighted by Crippen LogP contribution is -2.10. The van der Waals surface area contributed by atoms with Crippen LogP contribution in [-0.2, 0) is 0 Å². The zero-order valence-corrected chi connectivity index (χ0v) is 10.2. The summed E-state index contributed by atoms with van der Waals surface area (Å²) in [6.07, 6.45) is 1.54. The van der Waals surface area contributed by atoms with Gasteiger partial charge in [0, 0.05) is 10.7 Å². The zero-order chi connectivity index (χ0) is 12.3. The molecule has 0 saturated carbocycles. The molecule has 4 N–H and O–H groups in total. The zero-order valence-electron chi connectivity index (χ0n) is 8.61. The van der Waals surface area contributed by atoms with Crippen LogP contribution in [0.3, 0.4) is 0 Å². The second-order valence-corrected chi connectivity index (χ2v) is 4.01. The second kappa shape index (κ2) is 5.07. The fourth-order valence-corrected chi connectivity index (χ4v) is 1.57. The Labute approximate surface area is 105 Å². The van der Waals surface area contributed by atoms with Crippen LogP contribution in [0.4, 0.5) is 21.8 Å². The summed E-state index contributed by atoms with van der Waals surface area (Å²) in [5.74, 6) is 5.66. The Hall–Kier alpha value is -1.73. The number of hydrazine groups is 1. The maximum absolute atomic E-state index is 13.1. The smallest absolute Gasteiger partial charge is 0.239 e. The van der Waals surface area contributed by atoms with E-state index < -0.39 is 0 Å². The predicted octanol–water partition coefficient (Wildman–Crippen LogP) is 2.41. The lowest BCUT2D eigenvalue weighted by molar-refractivity contribution is 0.628. The highest BCUT2D eigenvalue weighted by molar-refractivity contribution is 9.10. The first-order valence-corrected chi connectivity index (χ1v) is 5.50. The highest BCUT2D eigenvalue weighted by Crippen LogP contribution is 2.25. The van der Waals surface area contributed by atoms with Crippen LogP contribution in [0.25, 0.3) is 0 Å². The van der Waals surface area contributed by atoms with E-state index in [2.05, 4.69) is 36.6 Å². The SMILES string of the molecule is NNc1nccc(Nc2cc(F)ccc2Br)n1. The van der Waals surface area contributed by atoms with Crippen molar-refractivity contribution in [3.05, 3.63) is 40.8 Å². The van der Waals surface area contributed by atoms with Crippen LogP contribution in [0.1, 0.15) is 0 Å². The largest absolute Gasteiger partial charge is 0.339 e. The van der Waals surface area contributed by atoms with E-state index in [9.17, 15) is 4.39 Å². The van der Waals surface area contributed by atoms with Crippen LogP contribution in [0.15, 0.2) is 34.9 Å². The summed E-state index contributed by atoms with van der Waals surface area (Å²) < 4.78 is 13.8. The van der Waals surface area contributed by atoms with Gasteiger partial charge < -0.3 is 5.32 Å². The van der Waals surface area contributed by atoms with Crippen molar-refractivity contribution >= 4 is 33.4 Å². The summed E-state index contributed by atoms with van der Waals surface area (Å²) in [4.78, 5) is 7.92. The Kier molecular flexibility index (Phi) is 3.50. The van der Waals surface area contributed by atoms with Gasteiger partial charge >= 0.3 is 0 Å². The maximum atomic E-state index is 13.1. The minimum Gasteiger partial charge on any atom is -0.339 e. The molecule has 0 atom stereocenters. The molecule has 7 heteroatoms. The molecule has 5 nitrogen and oxygen atoms in total. The van der Waals surface area contributed by atoms with E-state index >= 15 is 0 Å². The van der Waals surface area contributed by atoms with Gasteiger partial charge in [-0.1, -0.05) is 0 Å². The van der Waals surface area contributed by atoms with Gasteiger partial charge in [0.1, 0.15) is 11.6 Å². The third kappa shape index (κ3) is 2.89. The van der Waals surface area contributed by atoms with Crippen LogP contribution in [0, 0.1) is 5.82 Å².